The highest BCUT2D eigenvalue weighted by atomic mass is 35.5. The van der Waals surface area contributed by atoms with Crippen molar-refractivity contribution in [1.82, 2.24) is 5.43 Å². The Kier molecular flexibility index (Phi) is 5.45. The zero-order valence-electron chi connectivity index (χ0n) is 8.70. The fourth-order valence-electron chi connectivity index (χ4n) is 1.09. The Morgan fingerprint density at radius 2 is 2.25 bits per heavy atom. The first-order valence-electron chi connectivity index (χ1n) is 4.80. The van der Waals surface area contributed by atoms with Gasteiger partial charge in [0.1, 0.15) is 0 Å². The molecule has 1 aromatic carbocycles. The number of nitrogens with one attached hydrogen (secondary N) is 1. The number of nitrogens with two attached hydrogens (primary N) is 2. The summed E-state index contributed by atoms with van der Waals surface area (Å²) in [5.41, 5.74) is 8.26. The van der Waals surface area contributed by atoms with Crippen LogP contribution in [-0.4, -0.2) is 11.7 Å². The van der Waals surface area contributed by atoms with Crippen molar-refractivity contribution in [2.45, 2.75) is 17.7 Å². The van der Waals surface area contributed by atoms with Crippen molar-refractivity contribution in [2.75, 3.05) is 11.5 Å². The molecule has 1 aromatic rings. The molecule has 0 aliphatic heterocycles. The third kappa shape index (κ3) is 4.30. The van der Waals surface area contributed by atoms with Gasteiger partial charge < -0.3 is 5.73 Å². The molecule has 5 N–H and O–H groups in total. The van der Waals surface area contributed by atoms with Gasteiger partial charge in [-0.2, -0.15) is 0 Å². The minimum absolute atomic E-state index is 0.143. The van der Waals surface area contributed by atoms with Crippen LogP contribution < -0.4 is 17.0 Å². The van der Waals surface area contributed by atoms with E-state index in [9.17, 15) is 4.79 Å². The Bertz CT molecular complexity index is 373. The minimum Gasteiger partial charge on any atom is -0.398 e. The number of carbonyl (C=O) groups is 1. The van der Waals surface area contributed by atoms with Gasteiger partial charge in [0, 0.05) is 11.3 Å². The predicted octanol–water partition coefficient (Wildman–Crippen LogP) is 1.78. The van der Waals surface area contributed by atoms with E-state index < -0.39 is 0 Å². The first-order valence-corrected chi connectivity index (χ1v) is 6.17. The fraction of sp³-hybridized carbons (Fsp3) is 0.300. The van der Waals surface area contributed by atoms with Crippen LogP contribution in [0.3, 0.4) is 0 Å². The van der Waals surface area contributed by atoms with E-state index in [1.54, 1.807) is 17.8 Å². The lowest BCUT2D eigenvalue weighted by atomic mass is 10.3. The topological polar surface area (TPSA) is 81.1 Å². The van der Waals surface area contributed by atoms with Crippen LogP contribution in [-0.2, 0) is 4.79 Å². The molecular weight excluding hydrogens is 246 g/mol. The van der Waals surface area contributed by atoms with Crippen LogP contribution in [0.4, 0.5) is 5.69 Å². The second kappa shape index (κ2) is 6.62. The normalized spacial score (nSPS) is 10.1. The van der Waals surface area contributed by atoms with E-state index >= 15 is 0 Å². The lowest BCUT2D eigenvalue weighted by Crippen LogP contribution is -2.29. The number of hydrogen-bond donors (Lipinski definition) is 3. The monoisotopic (exact) mass is 259 g/mol. The van der Waals surface area contributed by atoms with Gasteiger partial charge in [-0.1, -0.05) is 11.6 Å². The van der Waals surface area contributed by atoms with E-state index in [1.165, 1.54) is 0 Å². The Morgan fingerprint density at radius 1 is 1.50 bits per heavy atom. The highest BCUT2D eigenvalue weighted by Crippen LogP contribution is 2.26. The standard InChI is InChI=1S/C10H14ClN3OS/c11-8-6-7(3-4-9(8)12)16-5-1-2-10(15)14-13/h3-4,6H,1-2,5,12-13H2,(H,14,15). The van der Waals surface area contributed by atoms with Crippen molar-refractivity contribution < 1.29 is 4.79 Å². The van der Waals surface area contributed by atoms with Crippen LogP contribution in [0.5, 0.6) is 0 Å². The van der Waals surface area contributed by atoms with Gasteiger partial charge in [0.2, 0.25) is 5.91 Å². The molecule has 88 valence electrons. The summed E-state index contributed by atoms with van der Waals surface area (Å²) >= 11 is 7.52. The maximum absolute atomic E-state index is 10.8. The first-order chi connectivity index (χ1) is 7.63. The number of thioether (sulfide) groups is 1. The number of hydrazine groups is 1. The molecule has 0 aliphatic carbocycles. The van der Waals surface area contributed by atoms with Gasteiger partial charge in [-0.05, 0) is 30.4 Å². The molecule has 1 amide bonds. The average molecular weight is 260 g/mol. The van der Waals surface area contributed by atoms with Gasteiger partial charge in [0.15, 0.2) is 0 Å². The molecule has 0 bridgehead atoms. The first kappa shape index (κ1) is 13.2. The fourth-order valence-corrected chi connectivity index (χ4v) is 2.23. The van der Waals surface area contributed by atoms with E-state index in [-0.39, 0.29) is 5.91 Å². The summed E-state index contributed by atoms with van der Waals surface area (Å²) < 4.78 is 0. The number of benzene rings is 1. The number of nitrogen functional groups attached to an aromatic ring is 1. The summed E-state index contributed by atoms with van der Waals surface area (Å²) in [6, 6.07) is 5.51. The lowest BCUT2D eigenvalue weighted by Gasteiger charge is -2.03. The van der Waals surface area contributed by atoms with Crippen LogP contribution >= 0.6 is 23.4 Å². The number of anilines is 1. The Morgan fingerprint density at radius 3 is 2.88 bits per heavy atom. The summed E-state index contributed by atoms with van der Waals surface area (Å²) in [5, 5.41) is 0.560. The summed E-state index contributed by atoms with van der Waals surface area (Å²) in [5.74, 6) is 5.66. The quantitative estimate of drug-likeness (QED) is 0.188. The van der Waals surface area contributed by atoms with Crippen molar-refractivity contribution in [3.8, 4) is 0 Å². The highest BCUT2D eigenvalue weighted by molar-refractivity contribution is 7.99. The Hall–Kier alpha value is -0.910. The number of carbonyl (C=O) groups excluding carboxylic acids is 1. The van der Waals surface area contributed by atoms with E-state index in [1.807, 2.05) is 12.1 Å². The second-order valence-corrected chi connectivity index (χ2v) is 4.78. The summed E-state index contributed by atoms with van der Waals surface area (Å²) in [7, 11) is 0. The largest absolute Gasteiger partial charge is 0.398 e. The van der Waals surface area contributed by atoms with E-state index in [2.05, 4.69) is 5.43 Å². The van der Waals surface area contributed by atoms with E-state index in [0.717, 1.165) is 17.1 Å². The molecule has 0 saturated carbocycles. The summed E-state index contributed by atoms with van der Waals surface area (Å²) in [6.07, 6.45) is 1.21. The number of halogens is 1. The molecule has 1 rings (SSSR count). The van der Waals surface area contributed by atoms with Crippen LogP contribution in [0.25, 0.3) is 0 Å². The SMILES string of the molecule is NNC(=O)CCCSc1ccc(N)c(Cl)c1. The molecule has 16 heavy (non-hydrogen) atoms. The maximum Gasteiger partial charge on any atom is 0.233 e. The number of hydrogen-bond acceptors (Lipinski definition) is 4. The smallest absolute Gasteiger partial charge is 0.233 e. The van der Waals surface area contributed by atoms with Crippen molar-refractivity contribution >= 4 is 35.0 Å². The molecule has 0 aromatic heterocycles. The third-order valence-electron chi connectivity index (χ3n) is 1.95. The molecule has 0 aliphatic rings. The summed E-state index contributed by atoms with van der Waals surface area (Å²) in [4.78, 5) is 11.9. The second-order valence-electron chi connectivity index (χ2n) is 3.20. The zero-order chi connectivity index (χ0) is 12.0. The number of amides is 1. The minimum atomic E-state index is -0.143. The summed E-state index contributed by atoms with van der Waals surface area (Å²) in [6.45, 7) is 0. The van der Waals surface area contributed by atoms with Gasteiger partial charge in [-0.25, -0.2) is 5.84 Å². The van der Waals surface area contributed by atoms with Gasteiger partial charge in [-0.15, -0.1) is 11.8 Å². The van der Waals surface area contributed by atoms with Crippen LogP contribution in [0.15, 0.2) is 23.1 Å². The van der Waals surface area contributed by atoms with Crippen molar-refractivity contribution in [1.29, 1.82) is 0 Å². The van der Waals surface area contributed by atoms with Crippen molar-refractivity contribution in [2.24, 2.45) is 5.84 Å². The van der Waals surface area contributed by atoms with E-state index in [4.69, 9.17) is 23.2 Å². The third-order valence-corrected chi connectivity index (χ3v) is 3.36. The highest BCUT2D eigenvalue weighted by Gasteiger charge is 2.01. The molecule has 4 nitrogen and oxygen atoms in total. The molecule has 0 radical (unpaired) electrons. The van der Waals surface area contributed by atoms with Crippen molar-refractivity contribution in [3.05, 3.63) is 23.2 Å². The average Bonchev–Trinajstić information content (AvgIpc) is 2.28. The molecule has 0 heterocycles. The Labute approximate surface area is 104 Å². The molecule has 6 heteroatoms. The van der Waals surface area contributed by atoms with Gasteiger partial charge >= 0.3 is 0 Å². The molecule has 0 atom stereocenters. The molecule has 0 unspecified atom stereocenters. The van der Waals surface area contributed by atoms with Crippen LogP contribution in [0, 0.1) is 0 Å². The predicted molar refractivity (Wildman–Crippen MR) is 68.2 cm³/mol. The molecule has 0 saturated heterocycles. The molecular formula is C10H14ClN3OS. The Balaban J connectivity index is 2.32. The van der Waals surface area contributed by atoms with E-state index in [0.29, 0.717) is 17.1 Å². The number of rotatable bonds is 5. The van der Waals surface area contributed by atoms with Crippen LogP contribution in [0.2, 0.25) is 5.02 Å². The lowest BCUT2D eigenvalue weighted by molar-refractivity contribution is -0.121. The molecule has 0 fully saturated rings. The molecule has 0 spiro atoms. The van der Waals surface area contributed by atoms with Gasteiger partial charge in [0.25, 0.3) is 0 Å². The van der Waals surface area contributed by atoms with Crippen molar-refractivity contribution in [3.63, 3.8) is 0 Å². The van der Waals surface area contributed by atoms with Crippen LogP contribution in [0.1, 0.15) is 12.8 Å². The maximum atomic E-state index is 10.8. The zero-order valence-corrected chi connectivity index (χ0v) is 10.3. The van der Waals surface area contributed by atoms with Gasteiger partial charge in [0.05, 0.1) is 10.7 Å². The van der Waals surface area contributed by atoms with Gasteiger partial charge in [-0.3, -0.25) is 10.2 Å².